The Morgan fingerprint density at radius 3 is 2.31 bits per heavy atom. The molecule has 11 nitrogen and oxygen atoms in total. The second kappa shape index (κ2) is 11.5. The molecule has 3 rings (SSSR count). The summed E-state index contributed by atoms with van der Waals surface area (Å²) in [6.45, 7) is 6.91. The first-order valence-corrected chi connectivity index (χ1v) is 12.6. The van der Waals surface area contributed by atoms with Crippen molar-refractivity contribution in [2.45, 2.75) is 114 Å². The van der Waals surface area contributed by atoms with E-state index in [2.05, 4.69) is 20.8 Å². The van der Waals surface area contributed by atoms with Gasteiger partial charge >= 0.3 is 0 Å². The third kappa shape index (κ3) is 6.53. The molecule has 0 aromatic heterocycles. The van der Waals surface area contributed by atoms with E-state index in [1.54, 1.807) is 6.92 Å². The highest BCUT2D eigenvalue weighted by Gasteiger charge is 2.51. The van der Waals surface area contributed by atoms with Crippen LogP contribution >= 0.6 is 0 Å². The van der Waals surface area contributed by atoms with Gasteiger partial charge < -0.3 is 54.7 Å². The smallest absolute Gasteiger partial charge is 0.186 e. The van der Waals surface area contributed by atoms with Crippen LogP contribution in [0.4, 0.5) is 0 Å². The summed E-state index contributed by atoms with van der Waals surface area (Å²) in [6.07, 6.45) is -7.08. The summed E-state index contributed by atoms with van der Waals surface area (Å²) < 4.78 is 22.5. The van der Waals surface area contributed by atoms with Crippen LogP contribution < -0.4 is 0 Å². The summed E-state index contributed by atoms with van der Waals surface area (Å²) in [5.41, 5.74) is -1.92. The zero-order valence-corrected chi connectivity index (χ0v) is 21.1. The van der Waals surface area contributed by atoms with Crippen LogP contribution in [0.25, 0.3) is 0 Å². The molecule has 3 fully saturated rings. The fraction of sp³-hybridized carbons (Fsp3) is 1.00. The predicted molar refractivity (Wildman–Crippen MR) is 122 cm³/mol. The summed E-state index contributed by atoms with van der Waals surface area (Å²) >= 11 is 0. The molecule has 0 aromatic carbocycles. The van der Waals surface area contributed by atoms with E-state index < -0.39 is 55.3 Å². The molecule has 2 heterocycles. The van der Waals surface area contributed by atoms with Gasteiger partial charge in [-0.3, -0.25) is 0 Å². The van der Waals surface area contributed by atoms with Crippen molar-refractivity contribution in [3.63, 3.8) is 0 Å². The Hall–Kier alpha value is -0.440. The number of hydrogen-bond acceptors (Lipinski definition) is 11. The van der Waals surface area contributed by atoms with Crippen LogP contribution in [0.2, 0.25) is 0 Å². The standard InChI is InChI=1S/C24H44O11/c1-12-7-14(8-23(3,4)15(12)6-5-13(2)26)34-21-19(29)18(28)17(27)16(35-21)9-32-22-20(30)24(31,10-25)11-33-22/h12-22,25-31H,5-11H2,1-4H3. The lowest BCUT2D eigenvalue weighted by molar-refractivity contribution is -0.323. The van der Waals surface area contributed by atoms with E-state index in [0.717, 1.165) is 19.3 Å². The van der Waals surface area contributed by atoms with E-state index in [9.17, 15) is 35.7 Å². The monoisotopic (exact) mass is 508 g/mol. The van der Waals surface area contributed by atoms with Crippen molar-refractivity contribution >= 4 is 0 Å². The van der Waals surface area contributed by atoms with E-state index in [0.29, 0.717) is 18.3 Å². The van der Waals surface area contributed by atoms with Gasteiger partial charge in [0, 0.05) is 0 Å². The normalized spacial score (nSPS) is 47.1. The van der Waals surface area contributed by atoms with Gasteiger partial charge in [0.1, 0.15) is 36.1 Å². The molecule has 2 aliphatic heterocycles. The molecular formula is C24H44O11. The fourth-order valence-electron chi connectivity index (χ4n) is 5.85. The highest BCUT2D eigenvalue weighted by atomic mass is 16.7. The largest absolute Gasteiger partial charge is 0.393 e. The Labute approximate surface area is 206 Å². The Morgan fingerprint density at radius 2 is 1.74 bits per heavy atom. The predicted octanol–water partition coefficient (Wildman–Crippen LogP) is -1.13. The third-order valence-corrected chi connectivity index (χ3v) is 7.97. The second-order valence-corrected chi connectivity index (χ2v) is 11.4. The summed E-state index contributed by atoms with van der Waals surface area (Å²) in [6, 6.07) is 0. The highest BCUT2D eigenvalue weighted by Crippen LogP contribution is 2.47. The molecule has 0 aromatic rings. The highest BCUT2D eigenvalue weighted by molar-refractivity contribution is 4.95. The summed E-state index contributed by atoms with van der Waals surface area (Å²) in [5, 5.41) is 70.5. The Balaban J connectivity index is 1.59. The molecule has 12 atom stereocenters. The first kappa shape index (κ1) is 29.1. The number of ether oxygens (including phenoxy) is 4. The molecule has 11 heteroatoms. The fourth-order valence-corrected chi connectivity index (χ4v) is 5.85. The lowest BCUT2D eigenvalue weighted by Crippen LogP contribution is -2.60. The van der Waals surface area contributed by atoms with E-state index in [-0.39, 0.29) is 30.8 Å². The molecule has 0 amide bonds. The van der Waals surface area contributed by atoms with Crippen molar-refractivity contribution in [2.75, 3.05) is 19.8 Å². The zero-order valence-electron chi connectivity index (χ0n) is 21.1. The maximum absolute atomic E-state index is 10.5. The van der Waals surface area contributed by atoms with Crippen molar-refractivity contribution in [1.29, 1.82) is 0 Å². The van der Waals surface area contributed by atoms with Crippen LogP contribution in [0.3, 0.4) is 0 Å². The SMILES string of the molecule is CC(O)CCC1C(C)CC(OC2OC(COC3OCC(O)(CO)C3O)C(O)C(O)C2O)CC1(C)C. The minimum Gasteiger partial charge on any atom is -0.393 e. The number of rotatable bonds is 9. The summed E-state index contributed by atoms with van der Waals surface area (Å²) in [4.78, 5) is 0. The van der Waals surface area contributed by atoms with Gasteiger partial charge in [0.25, 0.3) is 0 Å². The first-order valence-electron chi connectivity index (χ1n) is 12.6. The van der Waals surface area contributed by atoms with Crippen molar-refractivity contribution in [3.8, 4) is 0 Å². The number of aliphatic hydroxyl groups excluding tert-OH is 6. The molecule has 7 N–H and O–H groups in total. The van der Waals surface area contributed by atoms with E-state index in [1.165, 1.54) is 0 Å². The minimum atomic E-state index is -1.85. The number of hydrogen-bond donors (Lipinski definition) is 7. The average Bonchev–Trinajstić information content (AvgIpc) is 3.06. The van der Waals surface area contributed by atoms with Crippen LogP contribution in [0.5, 0.6) is 0 Å². The minimum absolute atomic E-state index is 0.0725. The molecule has 0 bridgehead atoms. The van der Waals surface area contributed by atoms with Gasteiger partial charge in [-0.1, -0.05) is 20.8 Å². The van der Waals surface area contributed by atoms with Crippen molar-refractivity contribution in [1.82, 2.24) is 0 Å². The lowest BCUT2D eigenvalue weighted by atomic mass is 9.61. The van der Waals surface area contributed by atoms with Gasteiger partial charge in [0.05, 0.1) is 32.0 Å². The molecule has 1 aliphatic carbocycles. The van der Waals surface area contributed by atoms with Crippen molar-refractivity contribution in [3.05, 3.63) is 0 Å². The van der Waals surface area contributed by atoms with Crippen LogP contribution in [-0.4, -0.2) is 116 Å². The molecular weight excluding hydrogens is 464 g/mol. The van der Waals surface area contributed by atoms with E-state index in [4.69, 9.17) is 18.9 Å². The molecule has 206 valence electrons. The van der Waals surface area contributed by atoms with Gasteiger partial charge in [-0.25, -0.2) is 0 Å². The average molecular weight is 509 g/mol. The molecule has 12 unspecified atom stereocenters. The molecule has 2 saturated heterocycles. The second-order valence-electron chi connectivity index (χ2n) is 11.4. The van der Waals surface area contributed by atoms with E-state index >= 15 is 0 Å². The topological polar surface area (TPSA) is 179 Å². The molecule has 1 saturated carbocycles. The van der Waals surface area contributed by atoms with Gasteiger partial charge in [0.2, 0.25) is 0 Å². The quantitative estimate of drug-likeness (QED) is 0.200. The maximum Gasteiger partial charge on any atom is 0.186 e. The summed E-state index contributed by atoms with van der Waals surface area (Å²) in [5.74, 6) is 0.710. The lowest BCUT2D eigenvalue weighted by Gasteiger charge is -2.48. The van der Waals surface area contributed by atoms with Crippen LogP contribution in [-0.2, 0) is 18.9 Å². The van der Waals surface area contributed by atoms with Crippen LogP contribution in [0, 0.1) is 17.3 Å². The molecule has 35 heavy (non-hydrogen) atoms. The van der Waals surface area contributed by atoms with Crippen LogP contribution in [0.1, 0.15) is 53.4 Å². The Morgan fingerprint density at radius 1 is 1.06 bits per heavy atom. The van der Waals surface area contributed by atoms with Gasteiger partial charge in [0.15, 0.2) is 12.6 Å². The van der Waals surface area contributed by atoms with Crippen molar-refractivity contribution in [2.24, 2.45) is 17.3 Å². The third-order valence-electron chi connectivity index (χ3n) is 7.97. The Bertz CT molecular complexity index is 676. The Kier molecular flexibility index (Phi) is 9.59. The number of aliphatic hydroxyl groups is 7. The first-order chi connectivity index (χ1) is 16.3. The molecule has 3 aliphatic rings. The summed E-state index contributed by atoms with van der Waals surface area (Å²) in [7, 11) is 0. The van der Waals surface area contributed by atoms with Gasteiger partial charge in [-0.2, -0.15) is 0 Å². The maximum atomic E-state index is 10.5. The van der Waals surface area contributed by atoms with E-state index in [1.807, 2.05) is 0 Å². The van der Waals surface area contributed by atoms with Crippen LogP contribution in [0.15, 0.2) is 0 Å². The van der Waals surface area contributed by atoms with Gasteiger partial charge in [-0.15, -0.1) is 0 Å². The van der Waals surface area contributed by atoms with Crippen molar-refractivity contribution < 1.29 is 54.7 Å². The molecule has 0 spiro atoms. The molecule has 0 radical (unpaired) electrons. The zero-order chi connectivity index (χ0) is 26.1. The van der Waals surface area contributed by atoms with Gasteiger partial charge in [-0.05, 0) is 49.9 Å².